The van der Waals surface area contributed by atoms with Gasteiger partial charge >= 0.3 is 0 Å². The lowest BCUT2D eigenvalue weighted by Crippen LogP contribution is -2.34. The first kappa shape index (κ1) is 21.1. The van der Waals surface area contributed by atoms with Crippen molar-refractivity contribution in [1.82, 2.24) is 25.1 Å². The van der Waals surface area contributed by atoms with Crippen LogP contribution in [-0.2, 0) is 0 Å². The van der Waals surface area contributed by atoms with Crippen LogP contribution in [0.5, 0.6) is 0 Å². The molecule has 8 nitrogen and oxygen atoms in total. The Bertz CT molecular complexity index is 1300. The van der Waals surface area contributed by atoms with Gasteiger partial charge in [-0.3, -0.25) is 9.78 Å². The second kappa shape index (κ2) is 8.65. The van der Waals surface area contributed by atoms with Gasteiger partial charge in [0, 0.05) is 47.6 Å². The molecule has 9 heteroatoms. The Hall–Kier alpha value is -3.75. The number of piperidine rings is 1. The minimum atomic E-state index is -0.391. The molecule has 1 aliphatic rings. The molecule has 1 aliphatic heterocycles. The van der Waals surface area contributed by atoms with Crippen LogP contribution in [0.25, 0.3) is 22.2 Å². The number of pyridine rings is 1. The Labute approximate surface area is 189 Å². The van der Waals surface area contributed by atoms with E-state index in [1.165, 1.54) is 24.7 Å². The van der Waals surface area contributed by atoms with E-state index in [1.54, 1.807) is 12.1 Å². The molecular weight excluding hydrogens is 423 g/mol. The fraction of sp³-hybridized carbons (Fsp3) is 0.333. The van der Waals surface area contributed by atoms with Crippen LogP contribution in [0.3, 0.4) is 0 Å². The van der Waals surface area contributed by atoms with Gasteiger partial charge in [-0.05, 0) is 37.1 Å². The fourth-order valence-corrected chi connectivity index (χ4v) is 4.20. The third kappa shape index (κ3) is 4.06. The van der Waals surface area contributed by atoms with Gasteiger partial charge in [-0.25, -0.2) is 14.4 Å². The lowest BCUT2D eigenvalue weighted by molar-refractivity contribution is 0.112. The summed E-state index contributed by atoms with van der Waals surface area (Å²) in [5.74, 6) is 2.14. The Morgan fingerprint density at radius 2 is 1.97 bits per heavy atom. The van der Waals surface area contributed by atoms with E-state index in [-0.39, 0.29) is 11.8 Å². The van der Waals surface area contributed by atoms with E-state index in [4.69, 9.17) is 4.52 Å². The zero-order chi connectivity index (χ0) is 22.9. The summed E-state index contributed by atoms with van der Waals surface area (Å²) in [5.41, 5.74) is 2.19. The Balaban J connectivity index is 1.44. The zero-order valence-corrected chi connectivity index (χ0v) is 18.4. The monoisotopic (exact) mass is 446 g/mol. The average Bonchev–Trinajstić information content (AvgIpc) is 3.34. The molecule has 33 heavy (non-hydrogen) atoms. The Morgan fingerprint density at radius 3 is 2.64 bits per heavy atom. The van der Waals surface area contributed by atoms with Crippen LogP contribution >= 0.6 is 0 Å². The van der Waals surface area contributed by atoms with Crippen LogP contribution < -0.4 is 4.90 Å². The number of anilines is 1. The minimum Gasteiger partial charge on any atom is -0.356 e. The maximum Gasteiger partial charge on any atom is 0.229 e. The second-order valence-electron chi connectivity index (χ2n) is 8.55. The van der Waals surface area contributed by atoms with Crippen molar-refractivity contribution < 1.29 is 13.7 Å². The van der Waals surface area contributed by atoms with Crippen LogP contribution in [0, 0.1) is 5.82 Å². The summed E-state index contributed by atoms with van der Waals surface area (Å²) in [6.45, 7) is 5.53. The molecule has 0 radical (unpaired) electrons. The molecule has 3 aromatic heterocycles. The standard InChI is InChI=1S/C24H23FN6O2/c1-14(2)24-29-22(30-33-24)16-5-7-31(8-6-16)23-19-10-17(25)9-18(21(19)27-13-28-23)20-4-3-15(12-32)11-26-20/h3-4,9-14,16H,5-8H2,1-2H3. The minimum absolute atomic E-state index is 0.201. The van der Waals surface area contributed by atoms with E-state index in [1.807, 2.05) is 13.8 Å². The van der Waals surface area contributed by atoms with Crippen LogP contribution in [0.2, 0.25) is 0 Å². The fourth-order valence-electron chi connectivity index (χ4n) is 4.20. The number of halogens is 1. The number of aromatic nitrogens is 5. The molecule has 1 saturated heterocycles. The summed E-state index contributed by atoms with van der Waals surface area (Å²) in [7, 11) is 0. The molecule has 168 valence electrons. The molecule has 1 fully saturated rings. The summed E-state index contributed by atoms with van der Waals surface area (Å²) < 4.78 is 20.0. The van der Waals surface area contributed by atoms with Crippen molar-refractivity contribution in [3.8, 4) is 11.3 Å². The highest BCUT2D eigenvalue weighted by molar-refractivity contribution is 5.98. The van der Waals surface area contributed by atoms with Crippen molar-refractivity contribution >= 4 is 23.0 Å². The molecule has 0 bridgehead atoms. The van der Waals surface area contributed by atoms with Gasteiger partial charge in [0.1, 0.15) is 18.0 Å². The topological polar surface area (TPSA) is 97.9 Å². The summed E-state index contributed by atoms with van der Waals surface area (Å²) in [4.78, 5) is 30.9. The Kier molecular flexibility index (Phi) is 5.53. The average molecular weight is 446 g/mol. The van der Waals surface area contributed by atoms with Gasteiger partial charge in [-0.1, -0.05) is 19.0 Å². The predicted molar refractivity (Wildman–Crippen MR) is 121 cm³/mol. The Morgan fingerprint density at radius 1 is 1.15 bits per heavy atom. The first-order valence-electron chi connectivity index (χ1n) is 11.0. The molecule has 1 aromatic carbocycles. The van der Waals surface area contributed by atoms with E-state index < -0.39 is 5.82 Å². The van der Waals surface area contributed by atoms with Crippen molar-refractivity contribution in [3.63, 3.8) is 0 Å². The van der Waals surface area contributed by atoms with E-state index in [0.717, 1.165) is 38.0 Å². The summed E-state index contributed by atoms with van der Waals surface area (Å²) >= 11 is 0. The number of fused-ring (bicyclic) bond motifs is 1. The van der Waals surface area contributed by atoms with Crippen molar-refractivity contribution in [2.75, 3.05) is 18.0 Å². The van der Waals surface area contributed by atoms with Crippen LogP contribution in [0.4, 0.5) is 10.2 Å². The van der Waals surface area contributed by atoms with Crippen LogP contribution in [-0.4, -0.2) is 44.5 Å². The van der Waals surface area contributed by atoms with Crippen molar-refractivity contribution in [2.45, 2.75) is 38.5 Å². The molecule has 0 atom stereocenters. The van der Waals surface area contributed by atoms with Crippen molar-refractivity contribution in [3.05, 3.63) is 59.9 Å². The van der Waals surface area contributed by atoms with Crippen molar-refractivity contribution in [2.24, 2.45) is 0 Å². The van der Waals surface area contributed by atoms with Gasteiger partial charge in [0.25, 0.3) is 0 Å². The lowest BCUT2D eigenvalue weighted by Gasteiger charge is -2.32. The van der Waals surface area contributed by atoms with Gasteiger partial charge in [-0.15, -0.1) is 0 Å². The maximum atomic E-state index is 14.6. The number of hydrogen-bond acceptors (Lipinski definition) is 8. The first-order chi connectivity index (χ1) is 16.0. The normalized spacial score (nSPS) is 14.8. The first-order valence-corrected chi connectivity index (χ1v) is 11.0. The molecule has 0 unspecified atom stereocenters. The SMILES string of the molecule is CC(C)c1nc(C2CCN(c3ncnc4c(-c5ccc(C=O)cn5)cc(F)cc34)CC2)no1. The molecule has 5 rings (SSSR count). The third-order valence-corrected chi connectivity index (χ3v) is 5.99. The van der Waals surface area contributed by atoms with E-state index >= 15 is 0 Å². The highest BCUT2D eigenvalue weighted by Gasteiger charge is 2.27. The van der Waals surface area contributed by atoms with Gasteiger partial charge in [0.2, 0.25) is 5.89 Å². The number of benzene rings is 1. The molecular formula is C24H23FN6O2. The van der Waals surface area contributed by atoms with E-state index in [2.05, 4.69) is 30.0 Å². The van der Waals surface area contributed by atoms with Gasteiger partial charge in [0.05, 0.1) is 11.2 Å². The summed E-state index contributed by atoms with van der Waals surface area (Å²) in [6.07, 6.45) is 5.38. The number of rotatable bonds is 5. The maximum absolute atomic E-state index is 14.6. The van der Waals surface area contributed by atoms with Gasteiger partial charge < -0.3 is 9.42 Å². The second-order valence-corrected chi connectivity index (χ2v) is 8.55. The number of carbonyl (C=O) groups excluding carboxylic acids is 1. The largest absolute Gasteiger partial charge is 0.356 e. The number of nitrogens with zero attached hydrogens (tertiary/aromatic N) is 6. The molecule has 0 saturated carbocycles. The van der Waals surface area contributed by atoms with Crippen molar-refractivity contribution in [1.29, 1.82) is 0 Å². The van der Waals surface area contributed by atoms with Gasteiger partial charge in [0.15, 0.2) is 12.1 Å². The third-order valence-electron chi connectivity index (χ3n) is 5.99. The number of carbonyl (C=O) groups is 1. The smallest absolute Gasteiger partial charge is 0.229 e. The molecule has 0 amide bonds. The summed E-state index contributed by atoms with van der Waals surface area (Å²) in [6, 6.07) is 6.23. The zero-order valence-electron chi connectivity index (χ0n) is 18.4. The number of hydrogen-bond donors (Lipinski definition) is 0. The van der Waals surface area contributed by atoms with E-state index in [0.29, 0.717) is 39.4 Å². The number of aldehydes is 1. The summed E-state index contributed by atoms with van der Waals surface area (Å²) in [5, 5.41) is 4.80. The highest BCUT2D eigenvalue weighted by Crippen LogP contribution is 2.35. The van der Waals surface area contributed by atoms with Crippen LogP contribution in [0.15, 0.2) is 41.3 Å². The van der Waals surface area contributed by atoms with Crippen LogP contribution in [0.1, 0.15) is 60.6 Å². The highest BCUT2D eigenvalue weighted by atomic mass is 19.1. The molecule has 4 heterocycles. The quantitative estimate of drug-likeness (QED) is 0.412. The van der Waals surface area contributed by atoms with E-state index in [9.17, 15) is 9.18 Å². The molecule has 0 aliphatic carbocycles. The lowest BCUT2D eigenvalue weighted by atomic mass is 9.95. The molecule has 4 aromatic rings. The van der Waals surface area contributed by atoms with Gasteiger partial charge in [-0.2, -0.15) is 4.98 Å². The molecule has 0 N–H and O–H groups in total. The molecule has 0 spiro atoms. The predicted octanol–water partition coefficient (Wildman–Crippen LogP) is 4.53.